The average Bonchev–Trinajstić information content (AvgIpc) is 2.70. The van der Waals surface area contributed by atoms with Crippen molar-refractivity contribution in [3.63, 3.8) is 0 Å². The van der Waals surface area contributed by atoms with E-state index in [1.165, 1.54) is 16.8 Å². The molecule has 0 amide bonds. The van der Waals surface area contributed by atoms with E-state index in [9.17, 15) is 5.11 Å². The Hall–Kier alpha value is -1.80. The van der Waals surface area contributed by atoms with Gasteiger partial charge >= 0.3 is 0 Å². The Morgan fingerprint density at radius 2 is 1.45 bits per heavy atom. The molecule has 0 saturated heterocycles. The predicted molar refractivity (Wildman–Crippen MR) is 83.1 cm³/mol. The van der Waals surface area contributed by atoms with Crippen LogP contribution in [0.3, 0.4) is 0 Å². The standard InChI is InChI=1S/C18H21NO/c1-14(20)17-8-4-5-9-18(17)19-12-10-15-6-2-3-7-16(15)11-13-19/h2-9,14,20H,10-13H2,1H3/t14-/m0/s1. The Bertz CT molecular complexity index is 564. The van der Waals surface area contributed by atoms with Gasteiger partial charge in [0.2, 0.25) is 0 Å². The van der Waals surface area contributed by atoms with Crippen LogP contribution in [0.15, 0.2) is 48.5 Å². The normalized spacial score (nSPS) is 16.4. The number of aliphatic hydroxyl groups is 1. The Morgan fingerprint density at radius 3 is 2.05 bits per heavy atom. The summed E-state index contributed by atoms with van der Waals surface area (Å²) < 4.78 is 0. The molecule has 0 aromatic heterocycles. The molecule has 1 atom stereocenters. The van der Waals surface area contributed by atoms with Crippen LogP contribution in [0.1, 0.15) is 29.7 Å². The third-order valence-corrected chi connectivity index (χ3v) is 4.15. The van der Waals surface area contributed by atoms with E-state index in [-0.39, 0.29) is 0 Å². The monoisotopic (exact) mass is 267 g/mol. The molecular formula is C18H21NO. The molecule has 3 rings (SSSR count). The first-order valence-corrected chi connectivity index (χ1v) is 7.34. The molecule has 0 radical (unpaired) electrons. The quantitative estimate of drug-likeness (QED) is 0.902. The van der Waals surface area contributed by atoms with Crippen LogP contribution in [0, 0.1) is 0 Å². The van der Waals surface area contributed by atoms with Gasteiger partial charge in [0.15, 0.2) is 0 Å². The maximum atomic E-state index is 9.95. The lowest BCUT2D eigenvalue weighted by atomic mass is 10.0. The minimum Gasteiger partial charge on any atom is -0.389 e. The van der Waals surface area contributed by atoms with Crippen LogP contribution in [0.2, 0.25) is 0 Å². The molecule has 2 aromatic rings. The van der Waals surface area contributed by atoms with Gasteiger partial charge < -0.3 is 10.0 Å². The number of hydrogen-bond acceptors (Lipinski definition) is 2. The van der Waals surface area contributed by atoms with E-state index in [1.54, 1.807) is 0 Å². The van der Waals surface area contributed by atoms with E-state index in [0.717, 1.165) is 31.5 Å². The average molecular weight is 267 g/mol. The van der Waals surface area contributed by atoms with Crippen molar-refractivity contribution in [1.82, 2.24) is 0 Å². The van der Waals surface area contributed by atoms with E-state index in [0.29, 0.717) is 0 Å². The Morgan fingerprint density at radius 1 is 0.900 bits per heavy atom. The summed E-state index contributed by atoms with van der Waals surface area (Å²) in [6, 6.07) is 16.9. The molecule has 20 heavy (non-hydrogen) atoms. The molecule has 0 fully saturated rings. The molecule has 2 aromatic carbocycles. The molecule has 1 aliphatic rings. The lowest BCUT2D eigenvalue weighted by molar-refractivity contribution is 0.199. The van der Waals surface area contributed by atoms with Crippen molar-refractivity contribution in [2.24, 2.45) is 0 Å². The fraction of sp³-hybridized carbons (Fsp3) is 0.333. The molecule has 0 unspecified atom stereocenters. The van der Waals surface area contributed by atoms with Gasteiger partial charge in [-0.1, -0.05) is 42.5 Å². The second kappa shape index (κ2) is 5.68. The van der Waals surface area contributed by atoms with Gasteiger partial charge in [0.25, 0.3) is 0 Å². The smallest absolute Gasteiger partial charge is 0.0781 e. The topological polar surface area (TPSA) is 23.5 Å². The van der Waals surface area contributed by atoms with Gasteiger partial charge in [-0.15, -0.1) is 0 Å². The second-order valence-electron chi connectivity index (χ2n) is 5.49. The van der Waals surface area contributed by atoms with Gasteiger partial charge in [0, 0.05) is 24.3 Å². The van der Waals surface area contributed by atoms with E-state index in [4.69, 9.17) is 0 Å². The highest BCUT2D eigenvalue weighted by atomic mass is 16.3. The number of hydrogen-bond donors (Lipinski definition) is 1. The fourth-order valence-electron chi connectivity index (χ4n) is 3.04. The van der Waals surface area contributed by atoms with Crippen molar-refractivity contribution in [3.05, 3.63) is 65.2 Å². The molecule has 1 heterocycles. The molecular weight excluding hydrogens is 246 g/mol. The summed E-state index contributed by atoms with van der Waals surface area (Å²) in [4.78, 5) is 2.40. The van der Waals surface area contributed by atoms with Gasteiger partial charge in [0.05, 0.1) is 6.10 Å². The van der Waals surface area contributed by atoms with Crippen molar-refractivity contribution in [1.29, 1.82) is 0 Å². The number of nitrogens with zero attached hydrogens (tertiary/aromatic N) is 1. The first kappa shape index (κ1) is 13.2. The first-order chi connectivity index (χ1) is 9.75. The molecule has 0 saturated carbocycles. The largest absolute Gasteiger partial charge is 0.389 e. The highest BCUT2D eigenvalue weighted by molar-refractivity contribution is 5.55. The molecule has 2 nitrogen and oxygen atoms in total. The molecule has 104 valence electrons. The maximum Gasteiger partial charge on any atom is 0.0781 e. The van der Waals surface area contributed by atoms with Crippen LogP contribution in [-0.2, 0) is 12.8 Å². The highest BCUT2D eigenvalue weighted by Gasteiger charge is 2.17. The highest BCUT2D eigenvalue weighted by Crippen LogP contribution is 2.28. The molecule has 1 N–H and O–H groups in total. The van der Waals surface area contributed by atoms with Crippen LogP contribution < -0.4 is 4.90 Å². The second-order valence-corrected chi connectivity index (χ2v) is 5.49. The van der Waals surface area contributed by atoms with Crippen LogP contribution in [0.4, 0.5) is 5.69 Å². The van der Waals surface area contributed by atoms with E-state index < -0.39 is 6.10 Å². The third kappa shape index (κ3) is 2.56. The first-order valence-electron chi connectivity index (χ1n) is 7.34. The minimum atomic E-state index is -0.420. The van der Waals surface area contributed by atoms with Crippen LogP contribution in [0.25, 0.3) is 0 Å². The van der Waals surface area contributed by atoms with Gasteiger partial charge in [0.1, 0.15) is 0 Å². The van der Waals surface area contributed by atoms with Gasteiger partial charge in [-0.3, -0.25) is 0 Å². The van der Waals surface area contributed by atoms with Crippen LogP contribution in [0.5, 0.6) is 0 Å². The zero-order valence-electron chi connectivity index (χ0n) is 11.9. The van der Waals surface area contributed by atoms with Crippen LogP contribution in [-0.4, -0.2) is 18.2 Å². The van der Waals surface area contributed by atoms with E-state index in [1.807, 2.05) is 19.1 Å². The lowest BCUT2D eigenvalue weighted by Crippen LogP contribution is -2.27. The summed E-state index contributed by atoms with van der Waals surface area (Å²) in [6.07, 6.45) is 1.73. The maximum absolute atomic E-state index is 9.95. The number of anilines is 1. The number of rotatable bonds is 2. The van der Waals surface area contributed by atoms with Gasteiger partial charge in [-0.05, 0) is 37.0 Å². The molecule has 0 spiro atoms. The van der Waals surface area contributed by atoms with Gasteiger partial charge in [-0.25, -0.2) is 0 Å². The van der Waals surface area contributed by atoms with E-state index >= 15 is 0 Å². The summed E-state index contributed by atoms with van der Waals surface area (Å²) in [6.45, 7) is 3.87. The minimum absolute atomic E-state index is 0.420. The van der Waals surface area contributed by atoms with Crippen molar-refractivity contribution < 1.29 is 5.11 Å². The van der Waals surface area contributed by atoms with E-state index in [2.05, 4.69) is 41.3 Å². The molecule has 0 aliphatic carbocycles. The predicted octanol–water partition coefficient (Wildman–Crippen LogP) is 3.35. The summed E-state index contributed by atoms with van der Waals surface area (Å²) in [7, 11) is 0. The third-order valence-electron chi connectivity index (χ3n) is 4.15. The Balaban J connectivity index is 1.87. The number of para-hydroxylation sites is 1. The van der Waals surface area contributed by atoms with Crippen LogP contribution >= 0.6 is 0 Å². The molecule has 1 aliphatic heterocycles. The zero-order chi connectivity index (χ0) is 13.9. The molecule has 0 bridgehead atoms. The SMILES string of the molecule is C[C@H](O)c1ccccc1N1CCc2ccccc2CC1. The summed E-state index contributed by atoms with van der Waals surface area (Å²) >= 11 is 0. The number of aliphatic hydroxyl groups excluding tert-OH is 1. The fourth-order valence-corrected chi connectivity index (χ4v) is 3.04. The van der Waals surface area contributed by atoms with Crippen molar-refractivity contribution in [2.75, 3.05) is 18.0 Å². The van der Waals surface area contributed by atoms with Gasteiger partial charge in [-0.2, -0.15) is 0 Å². The van der Waals surface area contributed by atoms with Crippen molar-refractivity contribution >= 4 is 5.69 Å². The van der Waals surface area contributed by atoms with Crippen molar-refractivity contribution in [3.8, 4) is 0 Å². The summed E-state index contributed by atoms with van der Waals surface area (Å²) in [5.74, 6) is 0. The number of fused-ring (bicyclic) bond motifs is 1. The Kier molecular flexibility index (Phi) is 3.75. The summed E-state index contributed by atoms with van der Waals surface area (Å²) in [5, 5.41) is 9.95. The van der Waals surface area contributed by atoms with Crippen molar-refractivity contribution in [2.45, 2.75) is 25.9 Å². The zero-order valence-corrected chi connectivity index (χ0v) is 11.9. The lowest BCUT2D eigenvalue weighted by Gasteiger charge is -2.26. The summed E-state index contributed by atoms with van der Waals surface area (Å²) in [5.41, 5.74) is 5.13. The number of benzene rings is 2. The Labute approximate surface area is 120 Å². The molecule has 2 heteroatoms.